The molecule has 1 spiro atoms. The van der Waals surface area contributed by atoms with Gasteiger partial charge in [-0.15, -0.1) is 11.3 Å². The Hall–Kier alpha value is -3.07. The Morgan fingerprint density at radius 2 is 2.00 bits per heavy atom. The third kappa shape index (κ3) is 2.68. The van der Waals surface area contributed by atoms with Gasteiger partial charge < -0.3 is 10.6 Å². The van der Waals surface area contributed by atoms with E-state index < -0.39 is 5.66 Å². The Labute approximate surface area is 170 Å². The van der Waals surface area contributed by atoms with Gasteiger partial charge in [-0.2, -0.15) is 0 Å². The highest BCUT2D eigenvalue weighted by Gasteiger charge is 2.45. The molecular formula is C20H19N5O3S. The Morgan fingerprint density at radius 3 is 2.76 bits per heavy atom. The van der Waals surface area contributed by atoms with Crippen molar-refractivity contribution in [2.45, 2.75) is 44.7 Å². The predicted molar refractivity (Wildman–Crippen MR) is 110 cm³/mol. The molecule has 0 unspecified atom stereocenters. The maximum atomic E-state index is 13.4. The lowest BCUT2D eigenvalue weighted by molar-refractivity contribution is 0.0876. The number of aromatic nitrogens is 3. The van der Waals surface area contributed by atoms with Crippen LogP contribution in [0.3, 0.4) is 0 Å². The molecule has 3 aromatic rings. The quantitative estimate of drug-likeness (QED) is 0.644. The van der Waals surface area contributed by atoms with E-state index in [-0.39, 0.29) is 11.5 Å². The normalized spacial score (nSPS) is 17.3. The molecule has 1 aliphatic carbocycles. The van der Waals surface area contributed by atoms with Crippen molar-refractivity contribution in [2.24, 2.45) is 0 Å². The van der Waals surface area contributed by atoms with Crippen LogP contribution in [0.15, 0.2) is 23.3 Å². The number of rotatable bonds is 3. The zero-order chi connectivity index (χ0) is 20.2. The van der Waals surface area contributed by atoms with Crippen molar-refractivity contribution in [1.29, 1.82) is 0 Å². The zero-order valence-corrected chi connectivity index (χ0v) is 16.6. The molecule has 5 rings (SSSR count). The fraction of sp³-hybridized carbons (Fsp3) is 0.350. The van der Waals surface area contributed by atoms with Crippen LogP contribution in [0.25, 0.3) is 10.2 Å². The minimum atomic E-state index is -0.641. The summed E-state index contributed by atoms with van der Waals surface area (Å²) in [5, 5.41) is 6.89. The summed E-state index contributed by atoms with van der Waals surface area (Å²) in [4.78, 5) is 46.9. The van der Waals surface area contributed by atoms with Crippen LogP contribution in [-0.2, 0) is 5.66 Å². The molecule has 0 atom stereocenters. The van der Waals surface area contributed by atoms with E-state index in [1.165, 1.54) is 17.7 Å². The first-order chi connectivity index (χ1) is 14.0. The highest BCUT2D eigenvalue weighted by atomic mass is 32.1. The summed E-state index contributed by atoms with van der Waals surface area (Å²) in [5.41, 5.74) is 0.637. The molecule has 2 N–H and O–H groups in total. The molecule has 3 aromatic heterocycles. The molecule has 0 radical (unpaired) electrons. The van der Waals surface area contributed by atoms with Gasteiger partial charge in [0.15, 0.2) is 6.29 Å². The lowest BCUT2D eigenvalue weighted by Crippen LogP contribution is -2.48. The average molecular weight is 409 g/mol. The third-order valence-corrected chi connectivity index (χ3v) is 6.75. The molecule has 0 aromatic carbocycles. The van der Waals surface area contributed by atoms with Gasteiger partial charge in [0.25, 0.3) is 11.5 Å². The molecule has 9 heteroatoms. The van der Waals surface area contributed by atoms with E-state index in [0.29, 0.717) is 32.3 Å². The minimum absolute atomic E-state index is 0.189. The Bertz CT molecular complexity index is 1220. The van der Waals surface area contributed by atoms with E-state index in [9.17, 15) is 14.4 Å². The molecule has 1 fully saturated rings. The van der Waals surface area contributed by atoms with E-state index in [4.69, 9.17) is 0 Å². The largest absolute Gasteiger partial charge is 0.335 e. The highest BCUT2D eigenvalue weighted by molar-refractivity contribution is 7.20. The first-order valence-corrected chi connectivity index (χ1v) is 10.4. The topological polar surface area (TPSA) is 106 Å². The van der Waals surface area contributed by atoms with Crippen molar-refractivity contribution in [1.82, 2.24) is 19.9 Å². The maximum Gasteiger partial charge on any atom is 0.276 e. The van der Waals surface area contributed by atoms with Crippen molar-refractivity contribution in [3.05, 3.63) is 44.9 Å². The van der Waals surface area contributed by atoms with Crippen LogP contribution < -0.4 is 16.2 Å². The number of nitrogens with one attached hydrogen (secondary N) is 2. The van der Waals surface area contributed by atoms with Crippen LogP contribution in [-0.4, -0.2) is 26.7 Å². The summed E-state index contributed by atoms with van der Waals surface area (Å²) in [6.07, 6.45) is 6.72. The van der Waals surface area contributed by atoms with Crippen LogP contribution >= 0.6 is 11.3 Å². The number of aryl methyl sites for hydroxylation is 1. The third-order valence-electron chi connectivity index (χ3n) is 5.78. The van der Waals surface area contributed by atoms with Crippen molar-refractivity contribution in [2.75, 3.05) is 5.32 Å². The molecule has 2 aliphatic rings. The molecule has 148 valence electrons. The molecule has 1 aliphatic heterocycles. The molecule has 0 saturated heterocycles. The van der Waals surface area contributed by atoms with Crippen molar-refractivity contribution >= 4 is 45.3 Å². The van der Waals surface area contributed by atoms with Gasteiger partial charge in [0.2, 0.25) is 0 Å². The van der Waals surface area contributed by atoms with E-state index in [1.54, 1.807) is 16.7 Å². The maximum absolute atomic E-state index is 13.4. The Morgan fingerprint density at radius 1 is 1.21 bits per heavy atom. The molecule has 4 heterocycles. The lowest BCUT2D eigenvalue weighted by Gasteiger charge is -2.35. The molecule has 1 amide bonds. The molecular weight excluding hydrogens is 390 g/mol. The van der Waals surface area contributed by atoms with Crippen LogP contribution in [0.4, 0.5) is 11.5 Å². The van der Waals surface area contributed by atoms with Crippen LogP contribution in [0, 0.1) is 6.92 Å². The Kier molecular flexibility index (Phi) is 4.02. The zero-order valence-electron chi connectivity index (χ0n) is 15.8. The standard InChI is InChI=1S/C20H19N5O3S/c1-11-7-14(23-16-13-8-12(9-26)29-18(13)22-10-21-16)19(28)25-15(11)17(27)24-20(25)5-3-2-4-6-20/h7-10H,2-6H2,1H3,(H,24,27)(H,21,22,23). The van der Waals surface area contributed by atoms with Gasteiger partial charge in [0.05, 0.1) is 10.3 Å². The average Bonchev–Trinajstić information content (AvgIpc) is 3.26. The summed E-state index contributed by atoms with van der Waals surface area (Å²) >= 11 is 1.27. The second kappa shape index (κ2) is 6.48. The SMILES string of the molecule is Cc1cc(Nc2ncnc3sc(C=O)cc23)c(=O)n2c1C(=O)NC21CCCCC1. The number of thiophene rings is 1. The van der Waals surface area contributed by atoms with Gasteiger partial charge >= 0.3 is 0 Å². The fourth-order valence-electron chi connectivity index (χ4n) is 4.49. The van der Waals surface area contributed by atoms with E-state index in [0.717, 1.165) is 44.0 Å². The van der Waals surface area contributed by atoms with E-state index in [2.05, 4.69) is 20.6 Å². The van der Waals surface area contributed by atoms with Crippen LogP contribution in [0.5, 0.6) is 0 Å². The molecule has 1 saturated carbocycles. The molecule has 8 nitrogen and oxygen atoms in total. The number of pyridine rings is 1. The second-order valence-electron chi connectivity index (χ2n) is 7.61. The van der Waals surface area contributed by atoms with Crippen LogP contribution in [0.1, 0.15) is 57.8 Å². The number of carbonyl (C=O) groups is 2. The predicted octanol–water partition coefficient (Wildman–Crippen LogP) is 3.08. The lowest BCUT2D eigenvalue weighted by atomic mass is 9.89. The van der Waals surface area contributed by atoms with Crippen LogP contribution in [0.2, 0.25) is 0 Å². The summed E-state index contributed by atoms with van der Waals surface area (Å²) in [6, 6.07) is 3.40. The van der Waals surface area contributed by atoms with Crippen molar-refractivity contribution < 1.29 is 9.59 Å². The molecule has 0 bridgehead atoms. The summed E-state index contributed by atoms with van der Waals surface area (Å²) in [5.74, 6) is 0.275. The number of fused-ring (bicyclic) bond motifs is 3. The molecule has 29 heavy (non-hydrogen) atoms. The second-order valence-corrected chi connectivity index (χ2v) is 8.67. The number of anilines is 2. The van der Waals surface area contributed by atoms with E-state index >= 15 is 0 Å². The Balaban J connectivity index is 1.65. The van der Waals surface area contributed by atoms with Crippen molar-refractivity contribution in [3.63, 3.8) is 0 Å². The van der Waals surface area contributed by atoms with Gasteiger partial charge in [0, 0.05) is 0 Å². The number of aldehydes is 1. The van der Waals surface area contributed by atoms with Gasteiger partial charge in [-0.1, -0.05) is 6.42 Å². The number of amides is 1. The highest BCUT2D eigenvalue weighted by Crippen LogP contribution is 2.37. The first-order valence-electron chi connectivity index (χ1n) is 9.59. The number of nitrogens with zero attached hydrogens (tertiary/aromatic N) is 3. The minimum Gasteiger partial charge on any atom is -0.335 e. The summed E-state index contributed by atoms with van der Waals surface area (Å²) in [7, 11) is 0. The summed E-state index contributed by atoms with van der Waals surface area (Å²) < 4.78 is 1.65. The van der Waals surface area contributed by atoms with Gasteiger partial charge in [-0.05, 0) is 50.3 Å². The summed E-state index contributed by atoms with van der Waals surface area (Å²) in [6.45, 7) is 1.84. The van der Waals surface area contributed by atoms with E-state index in [1.807, 2.05) is 6.92 Å². The fourth-order valence-corrected chi connectivity index (χ4v) is 5.31. The number of hydrogen-bond acceptors (Lipinski definition) is 7. The number of carbonyl (C=O) groups excluding carboxylic acids is 2. The van der Waals surface area contributed by atoms with Gasteiger partial charge in [-0.3, -0.25) is 19.0 Å². The first kappa shape index (κ1) is 18.0. The monoisotopic (exact) mass is 409 g/mol. The smallest absolute Gasteiger partial charge is 0.276 e. The van der Waals surface area contributed by atoms with Crippen molar-refractivity contribution in [3.8, 4) is 0 Å². The number of hydrogen-bond donors (Lipinski definition) is 2. The van der Waals surface area contributed by atoms with Gasteiger partial charge in [0.1, 0.15) is 34.0 Å². The van der Waals surface area contributed by atoms with Gasteiger partial charge in [-0.25, -0.2) is 9.97 Å².